The van der Waals surface area contributed by atoms with Gasteiger partial charge in [-0.3, -0.25) is 0 Å². The van der Waals surface area contributed by atoms with Gasteiger partial charge in [0.15, 0.2) is 0 Å². The largest absolute Gasteiger partial charge is 0.324 e. The van der Waals surface area contributed by atoms with Gasteiger partial charge in [-0.25, -0.2) is 4.98 Å². The van der Waals surface area contributed by atoms with Crippen molar-refractivity contribution in [2.24, 2.45) is 0 Å². The Morgan fingerprint density at radius 3 is 2.62 bits per heavy atom. The van der Waals surface area contributed by atoms with E-state index < -0.39 is 0 Å². The first-order valence-electron chi connectivity index (χ1n) is 6.89. The topological polar surface area (TPSA) is 41.6 Å². The van der Waals surface area contributed by atoms with Crippen LogP contribution in [0.4, 0.5) is 0 Å². The molecule has 4 heteroatoms. The molecule has 21 heavy (non-hydrogen) atoms. The highest BCUT2D eigenvalue weighted by Crippen LogP contribution is 2.26. The molecule has 0 saturated carbocycles. The molecule has 0 saturated heterocycles. The third-order valence-corrected chi connectivity index (χ3v) is 3.68. The quantitative estimate of drug-likeness (QED) is 0.706. The van der Waals surface area contributed by atoms with Gasteiger partial charge < -0.3 is 4.57 Å². The zero-order valence-electron chi connectivity index (χ0n) is 11.7. The fourth-order valence-electron chi connectivity index (χ4n) is 2.47. The Morgan fingerprint density at radius 1 is 1.19 bits per heavy atom. The van der Waals surface area contributed by atoms with Crippen LogP contribution in [0.5, 0.6) is 0 Å². The van der Waals surface area contributed by atoms with Gasteiger partial charge in [0, 0.05) is 17.1 Å². The SMILES string of the molecule is CCCn1c(-c2ccc(Cl)cc2)nc2cc(C#N)ccc21. The normalized spacial score (nSPS) is 10.7. The van der Waals surface area contributed by atoms with Gasteiger partial charge in [-0.05, 0) is 48.9 Å². The van der Waals surface area contributed by atoms with Crippen molar-refractivity contribution in [3.63, 3.8) is 0 Å². The Kier molecular flexibility index (Phi) is 3.64. The number of fused-ring (bicyclic) bond motifs is 1. The van der Waals surface area contributed by atoms with Crippen molar-refractivity contribution in [3.05, 3.63) is 53.1 Å². The minimum Gasteiger partial charge on any atom is -0.324 e. The van der Waals surface area contributed by atoms with E-state index in [1.165, 1.54) is 0 Å². The molecule has 0 radical (unpaired) electrons. The molecule has 1 heterocycles. The van der Waals surface area contributed by atoms with Gasteiger partial charge in [-0.15, -0.1) is 0 Å². The van der Waals surface area contributed by atoms with Gasteiger partial charge in [0.1, 0.15) is 5.82 Å². The number of nitriles is 1. The summed E-state index contributed by atoms with van der Waals surface area (Å²) in [5.41, 5.74) is 3.57. The number of hydrogen-bond acceptors (Lipinski definition) is 2. The van der Waals surface area contributed by atoms with E-state index in [-0.39, 0.29) is 0 Å². The molecule has 0 aliphatic heterocycles. The molecule has 0 amide bonds. The fraction of sp³-hybridized carbons (Fsp3) is 0.176. The summed E-state index contributed by atoms with van der Waals surface area (Å²) in [6.07, 6.45) is 1.02. The summed E-state index contributed by atoms with van der Waals surface area (Å²) >= 11 is 5.96. The average Bonchev–Trinajstić information content (AvgIpc) is 2.86. The number of hydrogen-bond donors (Lipinski definition) is 0. The zero-order chi connectivity index (χ0) is 14.8. The first-order valence-corrected chi connectivity index (χ1v) is 7.27. The lowest BCUT2D eigenvalue weighted by molar-refractivity contribution is 0.704. The average molecular weight is 296 g/mol. The highest BCUT2D eigenvalue weighted by molar-refractivity contribution is 6.30. The maximum Gasteiger partial charge on any atom is 0.141 e. The molecule has 0 bridgehead atoms. The first-order chi connectivity index (χ1) is 10.2. The van der Waals surface area contributed by atoms with Gasteiger partial charge in [-0.1, -0.05) is 18.5 Å². The van der Waals surface area contributed by atoms with Gasteiger partial charge in [0.25, 0.3) is 0 Å². The predicted octanol–water partition coefficient (Wildman–Crippen LogP) is 4.64. The Morgan fingerprint density at radius 2 is 1.95 bits per heavy atom. The molecule has 0 spiro atoms. The standard InChI is InChI=1S/C17H14ClN3/c1-2-9-21-16-8-3-12(11-19)10-15(16)20-17(21)13-4-6-14(18)7-5-13/h3-8,10H,2,9H2,1H3. The molecule has 0 fully saturated rings. The minimum atomic E-state index is 0.631. The van der Waals surface area contributed by atoms with Crippen LogP contribution in [0.25, 0.3) is 22.4 Å². The summed E-state index contributed by atoms with van der Waals surface area (Å²) in [4.78, 5) is 4.71. The Labute approximate surface area is 128 Å². The second-order valence-corrected chi connectivity index (χ2v) is 5.35. The molecule has 0 aliphatic carbocycles. The fourth-order valence-corrected chi connectivity index (χ4v) is 2.59. The van der Waals surface area contributed by atoms with Gasteiger partial charge in [0.2, 0.25) is 0 Å². The maximum atomic E-state index is 9.02. The smallest absolute Gasteiger partial charge is 0.141 e. The van der Waals surface area contributed by atoms with Crippen LogP contribution < -0.4 is 0 Å². The van der Waals surface area contributed by atoms with Crippen LogP contribution >= 0.6 is 11.6 Å². The predicted molar refractivity (Wildman–Crippen MR) is 85.2 cm³/mol. The van der Waals surface area contributed by atoms with Gasteiger partial charge in [-0.2, -0.15) is 5.26 Å². The van der Waals surface area contributed by atoms with Crippen molar-refractivity contribution >= 4 is 22.6 Å². The van der Waals surface area contributed by atoms with Crippen LogP contribution in [0, 0.1) is 11.3 Å². The van der Waals surface area contributed by atoms with Crippen LogP contribution in [0.1, 0.15) is 18.9 Å². The summed E-state index contributed by atoms with van der Waals surface area (Å²) in [6, 6.07) is 15.5. The second-order valence-electron chi connectivity index (χ2n) is 4.91. The van der Waals surface area contributed by atoms with E-state index in [0.29, 0.717) is 10.6 Å². The van der Waals surface area contributed by atoms with E-state index in [1.807, 2.05) is 42.5 Å². The molecule has 0 unspecified atom stereocenters. The number of aryl methyl sites for hydroxylation is 1. The number of imidazole rings is 1. The van der Waals surface area contributed by atoms with Crippen LogP contribution in [0.15, 0.2) is 42.5 Å². The van der Waals surface area contributed by atoms with E-state index in [1.54, 1.807) is 0 Å². The molecular weight excluding hydrogens is 282 g/mol. The molecule has 3 nitrogen and oxygen atoms in total. The third kappa shape index (κ3) is 2.51. The van der Waals surface area contributed by atoms with Crippen LogP contribution in [0.3, 0.4) is 0 Å². The van der Waals surface area contributed by atoms with E-state index >= 15 is 0 Å². The molecule has 2 aromatic carbocycles. The van der Waals surface area contributed by atoms with Crippen LogP contribution in [-0.4, -0.2) is 9.55 Å². The highest BCUT2D eigenvalue weighted by Gasteiger charge is 2.12. The molecule has 0 aliphatic rings. The van der Waals surface area contributed by atoms with E-state index in [4.69, 9.17) is 21.8 Å². The molecule has 0 atom stereocenters. The Hall–Kier alpha value is -2.31. The molecule has 3 aromatic rings. The van der Waals surface area contributed by atoms with E-state index in [2.05, 4.69) is 17.6 Å². The van der Waals surface area contributed by atoms with Crippen molar-refractivity contribution in [3.8, 4) is 17.5 Å². The number of benzene rings is 2. The monoisotopic (exact) mass is 295 g/mol. The summed E-state index contributed by atoms with van der Waals surface area (Å²) in [6.45, 7) is 3.03. The number of halogens is 1. The molecule has 1 aromatic heterocycles. The van der Waals surface area contributed by atoms with Crippen LogP contribution in [0.2, 0.25) is 5.02 Å². The molecular formula is C17H14ClN3. The summed E-state index contributed by atoms with van der Waals surface area (Å²) in [7, 11) is 0. The molecule has 0 N–H and O–H groups in total. The Balaban J connectivity index is 2.23. The summed E-state index contributed by atoms with van der Waals surface area (Å²) in [5.74, 6) is 0.915. The van der Waals surface area contributed by atoms with Crippen molar-refractivity contribution in [2.75, 3.05) is 0 Å². The third-order valence-electron chi connectivity index (χ3n) is 3.43. The lowest BCUT2D eigenvalue weighted by atomic mass is 10.2. The first kappa shape index (κ1) is 13.7. The number of rotatable bonds is 3. The summed E-state index contributed by atoms with van der Waals surface area (Å²) in [5, 5.41) is 9.74. The van der Waals surface area contributed by atoms with Crippen molar-refractivity contribution in [1.29, 1.82) is 5.26 Å². The lowest BCUT2D eigenvalue weighted by Gasteiger charge is -2.07. The molecule has 3 rings (SSSR count). The zero-order valence-corrected chi connectivity index (χ0v) is 12.4. The highest BCUT2D eigenvalue weighted by atomic mass is 35.5. The second kappa shape index (κ2) is 5.59. The van der Waals surface area contributed by atoms with E-state index in [9.17, 15) is 0 Å². The number of nitrogens with zero attached hydrogens (tertiary/aromatic N) is 3. The summed E-state index contributed by atoms with van der Waals surface area (Å²) < 4.78 is 2.19. The van der Waals surface area contributed by atoms with Crippen molar-refractivity contribution in [2.45, 2.75) is 19.9 Å². The van der Waals surface area contributed by atoms with Crippen molar-refractivity contribution in [1.82, 2.24) is 9.55 Å². The molecule has 104 valence electrons. The maximum absolute atomic E-state index is 9.02. The lowest BCUT2D eigenvalue weighted by Crippen LogP contribution is -1.99. The van der Waals surface area contributed by atoms with Crippen LogP contribution in [-0.2, 0) is 6.54 Å². The van der Waals surface area contributed by atoms with Gasteiger partial charge in [0.05, 0.1) is 22.7 Å². The number of aromatic nitrogens is 2. The van der Waals surface area contributed by atoms with E-state index in [0.717, 1.165) is 35.4 Å². The Bertz CT molecular complexity index is 826. The minimum absolute atomic E-state index is 0.631. The van der Waals surface area contributed by atoms with Gasteiger partial charge >= 0.3 is 0 Å². The van der Waals surface area contributed by atoms with Crippen molar-refractivity contribution < 1.29 is 0 Å².